The Morgan fingerprint density at radius 3 is 2.48 bits per heavy atom. The van der Waals surface area contributed by atoms with Crippen LogP contribution in [0.5, 0.6) is 0 Å². The van der Waals surface area contributed by atoms with Gasteiger partial charge in [0.1, 0.15) is 12.1 Å². The quantitative estimate of drug-likeness (QED) is 0.189. The van der Waals surface area contributed by atoms with Crippen LogP contribution in [0.25, 0.3) is 10.9 Å². The SMILES string of the molecule is Cc1ccc(CC(NC(=O)C2CCCN2C(=O)C(N)CC(=O)N(CCN)CCN)C(=O)Nc2ccc3ncccc3c2)cc1. The number of carbonyl (C=O) groups excluding carboxylic acids is 4. The van der Waals surface area contributed by atoms with Crippen molar-refractivity contribution in [3.63, 3.8) is 0 Å². The number of hydrogen-bond donors (Lipinski definition) is 5. The van der Waals surface area contributed by atoms with E-state index in [4.69, 9.17) is 17.2 Å². The van der Waals surface area contributed by atoms with Crippen LogP contribution in [0.4, 0.5) is 5.69 Å². The second-order valence-electron chi connectivity index (χ2n) is 11.1. The van der Waals surface area contributed by atoms with E-state index in [0.717, 1.165) is 22.0 Å². The van der Waals surface area contributed by atoms with Crippen molar-refractivity contribution in [3.8, 4) is 0 Å². The van der Waals surface area contributed by atoms with E-state index in [2.05, 4.69) is 15.6 Å². The Morgan fingerprint density at radius 1 is 1.05 bits per heavy atom. The number of hydrogen-bond acceptors (Lipinski definition) is 8. The van der Waals surface area contributed by atoms with Crippen LogP contribution in [0.15, 0.2) is 60.8 Å². The largest absolute Gasteiger partial charge is 0.342 e. The van der Waals surface area contributed by atoms with Gasteiger partial charge in [-0.1, -0.05) is 35.9 Å². The number of rotatable bonds is 13. The van der Waals surface area contributed by atoms with Crippen LogP contribution < -0.4 is 27.8 Å². The highest BCUT2D eigenvalue weighted by atomic mass is 16.2. The van der Waals surface area contributed by atoms with Crippen LogP contribution in [-0.4, -0.2) is 89.3 Å². The van der Waals surface area contributed by atoms with Crippen molar-refractivity contribution in [2.45, 2.75) is 50.7 Å². The average molecular weight is 603 g/mol. The maximum Gasteiger partial charge on any atom is 0.247 e. The second kappa shape index (κ2) is 15.4. The molecule has 1 aliphatic heterocycles. The van der Waals surface area contributed by atoms with E-state index >= 15 is 0 Å². The van der Waals surface area contributed by atoms with Gasteiger partial charge in [-0.25, -0.2) is 0 Å². The standard InChI is InChI=1S/C32H42N8O4/c1-21-6-8-22(9-7-21)18-27(30(42)37-24-10-11-26-23(19-24)4-2-14-36-26)38-31(43)28-5-3-15-40(28)32(44)25(35)20-29(41)39(16-12-33)17-13-34/h2,4,6-11,14,19,25,27-28H,3,5,12-13,15-18,20,33-35H2,1H3,(H,37,42)(H,38,43). The van der Waals surface area contributed by atoms with E-state index in [1.165, 1.54) is 9.80 Å². The minimum absolute atomic E-state index is 0.219. The minimum atomic E-state index is -1.12. The Balaban J connectivity index is 1.47. The van der Waals surface area contributed by atoms with E-state index in [-0.39, 0.29) is 37.7 Å². The zero-order chi connectivity index (χ0) is 31.6. The summed E-state index contributed by atoms with van der Waals surface area (Å²) in [4.78, 5) is 60.5. The van der Waals surface area contributed by atoms with E-state index in [0.29, 0.717) is 38.2 Å². The molecule has 0 aliphatic carbocycles. The molecule has 4 rings (SSSR count). The van der Waals surface area contributed by atoms with Crippen molar-refractivity contribution in [2.24, 2.45) is 17.2 Å². The van der Waals surface area contributed by atoms with Gasteiger partial charge in [0.2, 0.25) is 23.6 Å². The number of benzene rings is 2. The van der Waals surface area contributed by atoms with Gasteiger partial charge < -0.3 is 37.6 Å². The second-order valence-corrected chi connectivity index (χ2v) is 11.1. The van der Waals surface area contributed by atoms with Crippen LogP contribution >= 0.6 is 0 Å². The Labute approximate surface area is 257 Å². The predicted molar refractivity (Wildman–Crippen MR) is 169 cm³/mol. The van der Waals surface area contributed by atoms with Crippen LogP contribution in [0.2, 0.25) is 0 Å². The zero-order valence-corrected chi connectivity index (χ0v) is 25.1. The Morgan fingerprint density at radius 2 is 1.77 bits per heavy atom. The summed E-state index contributed by atoms with van der Waals surface area (Å²) >= 11 is 0. The minimum Gasteiger partial charge on any atom is -0.342 e. The summed E-state index contributed by atoms with van der Waals surface area (Å²) in [6, 6.07) is 14.0. The smallest absolute Gasteiger partial charge is 0.247 e. The predicted octanol–water partition coefficient (Wildman–Crippen LogP) is 0.664. The molecule has 1 saturated heterocycles. The first-order chi connectivity index (χ1) is 21.2. The van der Waals surface area contributed by atoms with E-state index in [1.54, 1.807) is 12.3 Å². The van der Waals surface area contributed by atoms with Crippen molar-refractivity contribution in [1.82, 2.24) is 20.1 Å². The van der Waals surface area contributed by atoms with Crippen molar-refractivity contribution >= 4 is 40.2 Å². The van der Waals surface area contributed by atoms with Crippen LogP contribution in [-0.2, 0) is 25.6 Å². The molecule has 44 heavy (non-hydrogen) atoms. The number of pyridine rings is 1. The summed E-state index contributed by atoms with van der Waals surface area (Å²) in [6.45, 7) is 3.45. The number of anilines is 1. The highest BCUT2D eigenvalue weighted by Crippen LogP contribution is 2.21. The van der Waals surface area contributed by atoms with E-state index in [9.17, 15) is 19.2 Å². The van der Waals surface area contributed by atoms with Crippen molar-refractivity contribution in [1.29, 1.82) is 0 Å². The fraction of sp³-hybridized carbons (Fsp3) is 0.406. The Bertz CT molecular complexity index is 1460. The molecule has 4 amide bonds. The molecule has 12 heteroatoms. The number of amides is 4. The number of aryl methyl sites for hydroxylation is 1. The molecular weight excluding hydrogens is 560 g/mol. The summed E-state index contributed by atoms with van der Waals surface area (Å²) in [5, 5.41) is 6.69. The van der Waals surface area contributed by atoms with Gasteiger partial charge in [-0.15, -0.1) is 0 Å². The molecule has 0 spiro atoms. The molecule has 1 aromatic heterocycles. The summed E-state index contributed by atoms with van der Waals surface area (Å²) in [6.07, 6.45) is 2.75. The van der Waals surface area contributed by atoms with Gasteiger partial charge >= 0.3 is 0 Å². The fourth-order valence-electron chi connectivity index (χ4n) is 5.41. The molecule has 0 saturated carbocycles. The third-order valence-electron chi connectivity index (χ3n) is 7.76. The molecule has 3 atom stereocenters. The summed E-state index contributed by atoms with van der Waals surface area (Å²) in [7, 11) is 0. The lowest BCUT2D eigenvalue weighted by molar-refractivity contribution is -0.142. The molecule has 1 aliphatic rings. The highest BCUT2D eigenvalue weighted by Gasteiger charge is 2.38. The van der Waals surface area contributed by atoms with Crippen LogP contribution in [0.3, 0.4) is 0 Å². The molecule has 3 unspecified atom stereocenters. The third-order valence-corrected chi connectivity index (χ3v) is 7.76. The third kappa shape index (κ3) is 8.37. The first-order valence-corrected chi connectivity index (χ1v) is 15.0. The molecule has 234 valence electrons. The molecule has 1 fully saturated rings. The van der Waals surface area contributed by atoms with Crippen LogP contribution in [0, 0.1) is 6.92 Å². The molecule has 3 aromatic rings. The van der Waals surface area contributed by atoms with Crippen molar-refractivity contribution in [2.75, 3.05) is 38.0 Å². The molecule has 2 aromatic carbocycles. The summed E-state index contributed by atoms with van der Waals surface area (Å²) in [5.74, 6) is -1.64. The average Bonchev–Trinajstić information content (AvgIpc) is 3.51. The highest BCUT2D eigenvalue weighted by molar-refractivity contribution is 6.00. The number of nitrogens with one attached hydrogen (secondary N) is 2. The molecule has 8 N–H and O–H groups in total. The van der Waals surface area contributed by atoms with Gasteiger partial charge in [-0.05, 0) is 49.6 Å². The van der Waals surface area contributed by atoms with E-state index in [1.807, 2.05) is 55.5 Å². The van der Waals surface area contributed by atoms with Gasteiger partial charge in [-0.3, -0.25) is 24.2 Å². The molecule has 0 radical (unpaired) electrons. The molecule has 12 nitrogen and oxygen atoms in total. The summed E-state index contributed by atoms with van der Waals surface area (Å²) in [5.41, 5.74) is 20.7. The van der Waals surface area contributed by atoms with Gasteiger partial charge in [0, 0.05) is 56.4 Å². The maximum absolute atomic E-state index is 13.6. The maximum atomic E-state index is 13.6. The Kier molecular flexibility index (Phi) is 11.4. The zero-order valence-electron chi connectivity index (χ0n) is 25.1. The lowest BCUT2D eigenvalue weighted by Crippen LogP contribution is -2.55. The van der Waals surface area contributed by atoms with Crippen LogP contribution in [0.1, 0.15) is 30.4 Å². The Hall–Kier alpha value is -4.39. The number of aromatic nitrogens is 1. The number of nitrogens with two attached hydrogens (primary N) is 3. The first-order valence-electron chi connectivity index (χ1n) is 15.0. The lowest BCUT2D eigenvalue weighted by atomic mass is 10.0. The number of likely N-dealkylation sites (tertiary alicyclic amines) is 1. The lowest BCUT2D eigenvalue weighted by Gasteiger charge is -2.29. The number of nitrogens with zero attached hydrogens (tertiary/aromatic N) is 3. The number of carbonyl (C=O) groups is 4. The normalized spacial score (nSPS) is 15.9. The molecular formula is C32H42N8O4. The van der Waals surface area contributed by atoms with Gasteiger partial charge in [0.05, 0.1) is 18.0 Å². The summed E-state index contributed by atoms with van der Waals surface area (Å²) < 4.78 is 0. The molecule has 2 heterocycles. The topological polar surface area (TPSA) is 190 Å². The van der Waals surface area contributed by atoms with E-state index < -0.39 is 29.9 Å². The molecule has 0 bridgehead atoms. The number of fused-ring (bicyclic) bond motifs is 1. The van der Waals surface area contributed by atoms with Gasteiger partial charge in [0.15, 0.2) is 0 Å². The van der Waals surface area contributed by atoms with Crippen molar-refractivity contribution in [3.05, 3.63) is 71.9 Å². The monoisotopic (exact) mass is 602 g/mol. The first kappa shape index (κ1) is 32.5. The fourth-order valence-corrected chi connectivity index (χ4v) is 5.41. The van der Waals surface area contributed by atoms with Gasteiger partial charge in [-0.2, -0.15) is 0 Å². The van der Waals surface area contributed by atoms with Gasteiger partial charge in [0.25, 0.3) is 0 Å². The van der Waals surface area contributed by atoms with Crippen molar-refractivity contribution < 1.29 is 19.2 Å².